The van der Waals surface area contributed by atoms with Crippen LogP contribution in [0.25, 0.3) is 0 Å². The maximum absolute atomic E-state index is 5.34. The molecule has 2 heterocycles. The van der Waals surface area contributed by atoms with Crippen molar-refractivity contribution < 1.29 is 4.74 Å². The van der Waals surface area contributed by atoms with Crippen LogP contribution in [0.2, 0.25) is 0 Å². The fraction of sp³-hybridized carbons (Fsp3) is 0.615. The summed E-state index contributed by atoms with van der Waals surface area (Å²) in [5.74, 6) is 0. The van der Waals surface area contributed by atoms with E-state index in [9.17, 15) is 0 Å². The molecule has 0 saturated carbocycles. The number of rotatable bonds is 4. The van der Waals surface area contributed by atoms with Crippen molar-refractivity contribution in [2.75, 3.05) is 13.2 Å². The summed E-state index contributed by atoms with van der Waals surface area (Å²) in [7, 11) is 0. The average molecular weight is 220 g/mol. The van der Waals surface area contributed by atoms with Crippen molar-refractivity contribution in [2.45, 2.75) is 38.8 Å². The van der Waals surface area contributed by atoms with Crippen LogP contribution in [0.1, 0.15) is 31.0 Å². The highest BCUT2D eigenvalue weighted by atomic mass is 16.5. The van der Waals surface area contributed by atoms with Gasteiger partial charge in [0.25, 0.3) is 0 Å². The largest absolute Gasteiger partial charge is 0.381 e. The van der Waals surface area contributed by atoms with Crippen molar-refractivity contribution in [1.82, 2.24) is 10.3 Å². The Kier molecular flexibility index (Phi) is 4.31. The molecule has 0 bridgehead atoms. The third-order valence-electron chi connectivity index (χ3n) is 3.14. The van der Waals surface area contributed by atoms with Crippen molar-refractivity contribution in [1.29, 1.82) is 0 Å². The molecule has 0 atom stereocenters. The first-order valence-electron chi connectivity index (χ1n) is 6.14. The maximum atomic E-state index is 5.34. The van der Waals surface area contributed by atoms with Gasteiger partial charge in [0.1, 0.15) is 0 Å². The van der Waals surface area contributed by atoms with Gasteiger partial charge in [0, 0.05) is 32.0 Å². The predicted molar refractivity (Wildman–Crippen MR) is 64.3 cm³/mol. The van der Waals surface area contributed by atoms with Crippen molar-refractivity contribution >= 4 is 0 Å². The third-order valence-corrected chi connectivity index (χ3v) is 3.14. The Bertz CT molecular complexity index is 321. The Morgan fingerprint density at radius 1 is 1.44 bits per heavy atom. The minimum atomic E-state index is 0.598. The highest BCUT2D eigenvalue weighted by Gasteiger charge is 2.13. The fourth-order valence-electron chi connectivity index (χ4n) is 2.10. The topological polar surface area (TPSA) is 34.2 Å². The maximum Gasteiger partial charge on any atom is 0.0573 e. The van der Waals surface area contributed by atoms with Crippen molar-refractivity contribution in [3.05, 3.63) is 29.6 Å². The number of nitrogens with one attached hydrogen (secondary N) is 1. The molecule has 0 unspecified atom stereocenters. The molecule has 0 aliphatic carbocycles. The van der Waals surface area contributed by atoms with E-state index in [0.717, 1.165) is 39.0 Å². The molecule has 3 nitrogen and oxygen atoms in total. The molecule has 1 saturated heterocycles. The first kappa shape index (κ1) is 11.6. The highest BCUT2D eigenvalue weighted by Crippen LogP contribution is 2.09. The monoisotopic (exact) mass is 220 g/mol. The van der Waals surface area contributed by atoms with Crippen LogP contribution in [0.15, 0.2) is 18.3 Å². The molecule has 3 heteroatoms. The van der Waals surface area contributed by atoms with Crippen LogP contribution >= 0.6 is 0 Å². The summed E-state index contributed by atoms with van der Waals surface area (Å²) >= 11 is 0. The standard InChI is InChI=1S/C13H20N2O/c1-2-11-4-3-7-14-13(11)10-15-12-5-8-16-9-6-12/h3-4,7,12,15H,2,5-6,8-10H2,1H3. The summed E-state index contributed by atoms with van der Waals surface area (Å²) in [5.41, 5.74) is 2.54. The Morgan fingerprint density at radius 3 is 3.00 bits per heavy atom. The molecular weight excluding hydrogens is 200 g/mol. The van der Waals surface area contributed by atoms with Gasteiger partial charge in [0.05, 0.1) is 5.69 Å². The summed E-state index contributed by atoms with van der Waals surface area (Å²) in [5, 5.41) is 3.57. The van der Waals surface area contributed by atoms with Gasteiger partial charge in [0.2, 0.25) is 0 Å². The van der Waals surface area contributed by atoms with Crippen LogP contribution in [-0.2, 0) is 17.7 Å². The quantitative estimate of drug-likeness (QED) is 0.841. The van der Waals surface area contributed by atoms with E-state index in [1.807, 2.05) is 12.3 Å². The Labute approximate surface area is 97.2 Å². The first-order chi connectivity index (χ1) is 7.90. The Balaban J connectivity index is 1.88. The second-order valence-corrected chi connectivity index (χ2v) is 4.23. The van der Waals surface area contributed by atoms with Gasteiger partial charge in [-0.2, -0.15) is 0 Å². The first-order valence-corrected chi connectivity index (χ1v) is 6.14. The lowest BCUT2D eigenvalue weighted by molar-refractivity contribution is 0.0775. The van der Waals surface area contributed by atoms with Gasteiger partial charge in [-0.1, -0.05) is 13.0 Å². The highest BCUT2D eigenvalue weighted by molar-refractivity contribution is 5.19. The number of hydrogen-bond donors (Lipinski definition) is 1. The average Bonchev–Trinajstić information content (AvgIpc) is 2.38. The van der Waals surface area contributed by atoms with E-state index < -0.39 is 0 Å². The number of ether oxygens (including phenoxy) is 1. The van der Waals surface area contributed by atoms with Crippen LogP contribution in [0.5, 0.6) is 0 Å². The minimum absolute atomic E-state index is 0.598. The second kappa shape index (κ2) is 5.97. The smallest absolute Gasteiger partial charge is 0.0573 e. The molecular formula is C13H20N2O. The van der Waals surface area contributed by atoms with E-state index in [2.05, 4.69) is 23.3 Å². The third kappa shape index (κ3) is 3.03. The van der Waals surface area contributed by atoms with Crippen LogP contribution in [0.3, 0.4) is 0 Å². The molecule has 1 aromatic rings. The van der Waals surface area contributed by atoms with Gasteiger partial charge in [-0.25, -0.2) is 0 Å². The zero-order valence-corrected chi connectivity index (χ0v) is 9.91. The lowest BCUT2D eigenvalue weighted by Gasteiger charge is -2.23. The number of hydrogen-bond acceptors (Lipinski definition) is 3. The van der Waals surface area contributed by atoms with E-state index in [0.29, 0.717) is 6.04 Å². The molecule has 16 heavy (non-hydrogen) atoms. The Morgan fingerprint density at radius 2 is 2.25 bits per heavy atom. The SMILES string of the molecule is CCc1cccnc1CNC1CCOCC1. The zero-order chi connectivity index (χ0) is 11.2. The number of aryl methyl sites for hydroxylation is 1. The number of pyridine rings is 1. The van der Waals surface area contributed by atoms with E-state index >= 15 is 0 Å². The molecule has 1 aliphatic rings. The fourth-order valence-corrected chi connectivity index (χ4v) is 2.10. The van der Waals surface area contributed by atoms with E-state index in [4.69, 9.17) is 4.74 Å². The van der Waals surface area contributed by atoms with Crippen molar-refractivity contribution in [3.63, 3.8) is 0 Å². The predicted octanol–water partition coefficient (Wildman–Crippen LogP) is 1.91. The zero-order valence-electron chi connectivity index (χ0n) is 9.91. The molecule has 2 rings (SSSR count). The summed E-state index contributed by atoms with van der Waals surface area (Å²) in [6, 6.07) is 4.77. The molecule has 1 N–H and O–H groups in total. The Hall–Kier alpha value is -0.930. The van der Waals surface area contributed by atoms with E-state index in [-0.39, 0.29) is 0 Å². The van der Waals surface area contributed by atoms with Crippen LogP contribution < -0.4 is 5.32 Å². The molecule has 1 fully saturated rings. The van der Waals surface area contributed by atoms with Crippen molar-refractivity contribution in [2.24, 2.45) is 0 Å². The summed E-state index contributed by atoms with van der Waals surface area (Å²) in [6.07, 6.45) is 5.17. The van der Waals surface area contributed by atoms with Gasteiger partial charge in [-0.05, 0) is 30.9 Å². The molecule has 88 valence electrons. The molecule has 0 spiro atoms. The number of nitrogens with zero attached hydrogens (tertiary/aromatic N) is 1. The van der Waals surface area contributed by atoms with Gasteiger partial charge in [0.15, 0.2) is 0 Å². The van der Waals surface area contributed by atoms with Gasteiger partial charge in [-0.15, -0.1) is 0 Å². The van der Waals surface area contributed by atoms with Gasteiger partial charge in [-0.3, -0.25) is 4.98 Å². The molecule has 0 radical (unpaired) electrons. The normalized spacial score (nSPS) is 17.6. The number of aromatic nitrogens is 1. The minimum Gasteiger partial charge on any atom is -0.381 e. The van der Waals surface area contributed by atoms with Crippen LogP contribution in [0.4, 0.5) is 0 Å². The molecule has 0 aromatic carbocycles. The molecule has 1 aliphatic heterocycles. The summed E-state index contributed by atoms with van der Waals surface area (Å²) in [4.78, 5) is 4.44. The van der Waals surface area contributed by atoms with Crippen LogP contribution in [-0.4, -0.2) is 24.2 Å². The van der Waals surface area contributed by atoms with E-state index in [1.54, 1.807) is 0 Å². The van der Waals surface area contributed by atoms with Crippen LogP contribution in [0, 0.1) is 0 Å². The second-order valence-electron chi connectivity index (χ2n) is 4.23. The summed E-state index contributed by atoms with van der Waals surface area (Å²) in [6.45, 7) is 4.84. The van der Waals surface area contributed by atoms with Gasteiger partial charge < -0.3 is 10.1 Å². The lowest BCUT2D eigenvalue weighted by Crippen LogP contribution is -2.34. The summed E-state index contributed by atoms with van der Waals surface area (Å²) < 4.78 is 5.34. The lowest BCUT2D eigenvalue weighted by atomic mass is 10.1. The molecule has 0 amide bonds. The van der Waals surface area contributed by atoms with E-state index in [1.165, 1.54) is 11.3 Å². The molecule has 1 aromatic heterocycles. The van der Waals surface area contributed by atoms with Crippen molar-refractivity contribution in [3.8, 4) is 0 Å². The van der Waals surface area contributed by atoms with Gasteiger partial charge >= 0.3 is 0 Å².